The Morgan fingerprint density at radius 3 is 2.57 bits per heavy atom. The third kappa shape index (κ3) is 3.60. The van der Waals surface area contributed by atoms with Crippen LogP contribution >= 0.6 is 0 Å². The summed E-state index contributed by atoms with van der Waals surface area (Å²) in [6.07, 6.45) is 1.26. The zero-order valence-electron chi connectivity index (χ0n) is 12.6. The van der Waals surface area contributed by atoms with E-state index in [9.17, 15) is 14.0 Å². The fraction of sp³-hybridized carbons (Fsp3) is 0.500. The van der Waals surface area contributed by atoms with Crippen LogP contribution in [-0.2, 0) is 9.53 Å². The highest BCUT2D eigenvalue weighted by molar-refractivity contribution is 5.97. The monoisotopic (exact) mass is 293 g/mol. The van der Waals surface area contributed by atoms with Crippen LogP contribution in [0, 0.1) is 5.82 Å². The molecule has 1 atom stereocenters. The first-order chi connectivity index (χ1) is 9.79. The smallest absolute Gasteiger partial charge is 0.329 e. The Morgan fingerprint density at radius 2 is 1.95 bits per heavy atom. The van der Waals surface area contributed by atoms with Crippen molar-refractivity contribution in [1.82, 2.24) is 4.90 Å². The van der Waals surface area contributed by atoms with Crippen molar-refractivity contribution in [2.75, 3.05) is 6.54 Å². The summed E-state index contributed by atoms with van der Waals surface area (Å²) in [7, 11) is 0. The molecule has 21 heavy (non-hydrogen) atoms. The van der Waals surface area contributed by atoms with Crippen molar-refractivity contribution in [3.05, 3.63) is 35.6 Å². The van der Waals surface area contributed by atoms with Crippen LogP contribution in [0.2, 0.25) is 0 Å². The maximum atomic E-state index is 13.7. The minimum absolute atomic E-state index is 0.00652. The topological polar surface area (TPSA) is 46.6 Å². The van der Waals surface area contributed by atoms with Gasteiger partial charge in [-0.1, -0.05) is 12.1 Å². The number of likely N-dealkylation sites (tertiary alicyclic amines) is 1. The quantitative estimate of drug-likeness (QED) is 0.788. The lowest BCUT2D eigenvalue weighted by Gasteiger charge is -2.27. The van der Waals surface area contributed by atoms with Crippen molar-refractivity contribution in [1.29, 1.82) is 0 Å². The van der Waals surface area contributed by atoms with Gasteiger partial charge in [-0.2, -0.15) is 0 Å². The first-order valence-electron chi connectivity index (χ1n) is 7.08. The lowest BCUT2D eigenvalue weighted by Crippen LogP contribution is -2.43. The van der Waals surface area contributed by atoms with E-state index in [1.54, 1.807) is 26.8 Å². The van der Waals surface area contributed by atoms with Crippen LogP contribution in [0.15, 0.2) is 24.3 Å². The molecule has 0 bridgehead atoms. The minimum atomic E-state index is -0.628. The SMILES string of the molecule is CC(C)(C)OC(=O)[C@H]1CCCN1C(=O)c1ccccc1F. The summed E-state index contributed by atoms with van der Waals surface area (Å²) in [5, 5.41) is 0. The Bertz CT molecular complexity index is 551. The van der Waals surface area contributed by atoms with Crippen molar-refractivity contribution in [3.8, 4) is 0 Å². The highest BCUT2D eigenvalue weighted by Gasteiger charge is 2.37. The maximum absolute atomic E-state index is 13.7. The molecule has 2 rings (SSSR count). The van der Waals surface area contributed by atoms with Gasteiger partial charge in [0.1, 0.15) is 17.5 Å². The maximum Gasteiger partial charge on any atom is 0.329 e. The van der Waals surface area contributed by atoms with Gasteiger partial charge in [0, 0.05) is 6.54 Å². The molecule has 4 nitrogen and oxygen atoms in total. The first-order valence-corrected chi connectivity index (χ1v) is 7.08. The molecule has 114 valence electrons. The van der Waals surface area contributed by atoms with E-state index in [-0.39, 0.29) is 5.56 Å². The molecule has 0 spiro atoms. The van der Waals surface area contributed by atoms with Crippen LogP contribution in [0.4, 0.5) is 4.39 Å². The highest BCUT2D eigenvalue weighted by atomic mass is 19.1. The van der Waals surface area contributed by atoms with E-state index in [2.05, 4.69) is 0 Å². The molecule has 1 saturated heterocycles. The van der Waals surface area contributed by atoms with Gasteiger partial charge in [0.2, 0.25) is 0 Å². The number of hydrogen-bond donors (Lipinski definition) is 0. The summed E-state index contributed by atoms with van der Waals surface area (Å²) in [5.74, 6) is -1.46. The van der Waals surface area contributed by atoms with Gasteiger partial charge in [-0.3, -0.25) is 4.79 Å². The molecule has 0 aliphatic carbocycles. The number of esters is 1. The third-order valence-corrected chi connectivity index (χ3v) is 3.30. The summed E-state index contributed by atoms with van der Waals surface area (Å²) < 4.78 is 19.1. The summed E-state index contributed by atoms with van der Waals surface area (Å²) in [5.41, 5.74) is -0.611. The van der Waals surface area contributed by atoms with Crippen molar-refractivity contribution >= 4 is 11.9 Å². The molecule has 1 heterocycles. The number of hydrogen-bond acceptors (Lipinski definition) is 3. The minimum Gasteiger partial charge on any atom is -0.458 e. The number of ether oxygens (including phenoxy) is 1. The predicted molar refractivity (Wildman–Crippen MR) is 76.3 cm³/mol. The second-order valence-electron chi connectivity index (χ2n) is 6.17. The summed E-state index contributed by atoms with van der Waals surface area (Å²) in [6.45, 7) is 5.78. The van der Waals surface area contributed by atoms with E-state index in [1.165, 1.54) is 23.1 Å². The Labute approximate surface area is 123 Å². The normalized spacial score (nSPS) is 18.7. The van der Waals surface area contributed by atoms with Crippen LogP contribution in [0.5, 0.6) is 0 Å². The number of rotatable bonds is 2. The number of nitrogens with zero attached hydrogens (tertiary/aromatic N) is 1. The van der Waals surface area contributed by atoms with Crippen LogP contribution in [0.1, 0.15) is 44.0 Å². The summed E-state index contributed by atoms with van der Waals surface area (Å²) >= 11 is 0. The third-order valence-electron chi connectivity index (χ3n) is 3.30. The zero-order valence-corrected chi connectivity index (χ0v) is 12.6. The molecular weight excluding hydrogens is 273 g/mol. The van der Waals surface area contributed by atoms with Gasteiger partial charge < -0.3 is 9.64 Å². The van der Waals surface area contributed by atoms with Gasteiger partial charge in [-0.25, -0.2) is 9.18 Å². The Morgan fingerprint density at radius 1 is 1.29 bits per heavy atom. The van der Waals surface area contributed by atoms with Gasteiger partial charge in [0.25, 0.3) is 5.91 Å². The molecule has 0 saturated carbocycles. The summed E-state index contributed by atoms with van der Waals surface area (Å²) in [6, 6.07) is 5.18. The van der Waals surface area contributed by atoms with Crippen molar-refractivity contribution in [3.63, 3.8) is 0 Å². The van der Waals surface area contributed by atoms with E-state index < -0.39 is 29.3 Å². The van der Waals surface area contributed by atoms with Gasteiger partial charge in [-0.05, 0) is 45.7 Å². The van der Waals surface area contributed by atoms with Crippen molar-refractivity contribution < 1.29 is 18.7 Å². The molecule has 1 fully saturated rings. The van der Waals surface area contributed by atoms with Crippen LogP contribution in [0.3, 0.4) is 0 Å². The molecular formula is C16H20FNO3. The van der Waals surface area contributed by atoms with Gasteiger partial charge in [-0.15, -0.1) is 0 Å². The Balaban J connectivity index is 2.17. The number of halogens is 1. The Hall–Kier alpha value is -1.91. The number of carbonyl (C=O) groups excluding carboxylic acids is 2. The molecule has 1 aromatic rings. The average Bonchev–Trinajstić information content (AvgIpc) is 2.85. The molecule has 1 aromatic carbocycles. The zero-order chi connectivity index (χ0) is 15.6. The first kappa shape index (κ1) is 15.5. The molecule has 0 aromatic heterocycles. The molecule has 0 radical (unpaired) electrons. The molecule has 1 amide bonds. The largest absolute Gasteiger partial charge is 0.458 e. The predicted octanol–water partition coefficient (Wildman–Crippen LogP) is 2.77. The van der Waals surface area contributed by atoms with E-state index in [0.29, 0.717) is 19.4 Å². The molecule has 0 unspecified atom stereocenters. The Kier molecular flexibility index (Phi) is 4.30. The second kappa shape index (κ2) is 5.84. The van der Waals surface area contributed by atoms with Crippen LogP contribution < -0.4 is 0 Å². The standard InChI is InChI=1S/C16H20FNO3/c1-16(2,3)21-15(20)13-9-6-10-18(13)14(19)11-7-4-5-8-12(11)17/h4-5,7-8,13H,6,9-10H2,1-3H3/t13-/m1/s1. The fourth-order valence-electron chi connectivity index (χ4n) is 2.41. The van der Waals surface area contributed by atoms with Crippen molar-refractivity contribution in [2.45, 2.75) is 45.3 Å². The van der Waals surface area contributed by atoms with Crippen molar-refractivity contribution in [2.24, 2.45) is 0 Å². The number of benzene rings is 1. The molecule has 1 aliphatic heterocycles. The lowest BCUT2D eigenvalue weighted by atomic mass is 10.1. The van der Waals surface area contributed by atoms with E-state index >= 15 is 0 Å². The summed E-state index contributed by atoms with van der Waals surface area (Å²) in [4.78, 5) is 26.0. The highest BCUT2D eigenvalue weighted by Crippen LogP contribution is 2.24. The number of carbonyl (C=O) groups is 2. The van der Waals surface area contributed by atoms with Crippen LogP contribution in [0.25, 0.3) is 0 Å². The van der Waals surface area contributed by atoms with Gasteiger partial charge >= 0.3 is 5.97 Å². The van der Waals surface area contributed by atoms with Crippen LogP contribution in [-0.4, -0.2) is 35.0 Å². The fourth-order valence-corrected chi connectivity index (χ4v) is 2.41. The van der Waals surface area contributed by atoms with E-state index in [1.807, 2.05) is 0 Å². The van der Waals surface area contributed by atoms with Gasteiger partial charge in [0.05, 0.1) is 5.56 Å². The van der Waals surface area contributed by atoms with E-state index in [0.717, 1.165) is 0 Å². The molecule has 1 aliphatic rings. The average molecular weight is 293 g/mol. The van der Waals surface area contributed by atoms with E-state index in [4.69, 9.17) is 4.74 Å². The van der Waals surface area contributed by atoms with Gasteiger partial charge in [0.15, 0.2) is 0 Å². The number of amides is 1. The second-order valence-corrected chi connectivity index (χ2v) is 6.17. The molecule has 0 N–H and O–H groups in total. The lowest BCUT2D eigenvalue weighted by molar-refractivity contribution is -0.159. The molecule has 5 heteroatoms.